The molecule has 0 atom stereocenters. The van der Waals surface area contributed by atoms with Crippen molar-refractivity contribution in [2.45, 2.75) is 40.5 Å². The van der Waals surface area contributed by atoms with Crippen molar-refractivity contribution >= 4 is 5.91 Å². The van der Waals surface area contributed by atoms with Crippen LogP contribution in [0.1, 0.15) is 38.8 Å². The normalized spacial score (nSPS) is 15.2. The highest BCUT2D eigenvalue weighted by atomic mass is 16.1. The fourth-order valence-electron chi connectivity index (χ4n) is 3.35. The number of benzene rings is 1. The maximum atomic E-state index is 12.4. The molecule has 1 amide bonds. The van der Waals surface area contributed by atoms with Gasteiger partial charge in [-0.1, -0.05) is 52.0 Å². The number of amides is 1. The van der Waals surface area contributed by atoms with Crippen molar-refractivity contribution in [1.29, 1.82) is 0 Å². The average Bonchev–Trinajstić information content (AvgIpc) is 2.81. The van der Waals surface area contributed by atoms with Crippen LogP contribution in [0.4, 0.5) is 0 Å². The first-order valence-electron chi connectivity index (χ1n) is 7.83. The van der Waals surface area contributed by atoms with Gasteiger partial charge in [-0.3, -0.25) is 4.79 Å². The number of carbonyl (C=O) groups excluding carboxylic acids is 1. The molecule has 1 aliphatic rings. The van der Waals surface area contributed by atoms with E-state index in [2.05, 4.69) is 57.3 Å². The molecule has 1 aliphatic carbocycles. The Morgan fingerprint density at radius 3 is 2.05 bits per heavy atom. The van der Waals surface area contributed by atoms with E-state index in [4.69, 9.17) is 0 Å². The summed E-state index contributed by atoms with van der Waals surface area (Å²) in [4.78, 5) is 12.4. The zero-order valence-corrected chi connectivity index (χ0v) is 13.1. The van der Waals surface area contributed by atoms with Crippen LogP contribution in [0.25, 0.3) is 0 Å². The molecule has 0 saturated carbocycles. The first-order valence-corrected chi connectivity index (χ1v) is 7.83. The summed E-state index contributed by atoms with van der Waals surface area (Å²) < 4.78 is 0. The molecule has 0 aromatic heterocycles. The predicted octanol–water partition coefficient (Wildman–Crippen LogP) is 3.45. The summed E-state index contributed by atoms with van der Waals surface area (Å²) in [6, 6.07) is 8.42. The van der Waals surface area contributed by atoms with Crippen molar-refractivity contribution in [3.8, 4) is 0 Å². The van der Waals surface area contributed by atoms with E-state index < -0.39 is 0 Å². The smallest absolute Gasteiger partial charge is 0.223 e. The second kappa shape index (κ2) is 6.43. The van der Waals surface area contributed by atoms with E-state index in [1.165, 1.54) is 11.1 Å². The minimum Gasteiger partial charge on any atom is -0.356 e. The van der Waals surface area contributed by atoms with Gasteiger partial charge in [-0.05, 0) is 41.7 Å². The molecule has 0 saturated heterocycles. The number of nitrogens with one attached hydrogen (secondary N) is 1. The molecule has 1 aromatic rings. The highest BCUT2D eigenvalue weighted by Crippen LogP contribution is 2.27. The summed E-state index contributed by atoms with van der Waals surface area (Å²) in [7, 11) is 0. The van der Waals surface area contributed by atoms with E-state index in [-0.39, 0.29) is 11.8 Å². The van der Waals surface area contributed by atoms with Gasteiger partial charge in [0.2, 0.25) is 5.91 Å². The summed E-state index contributed by atoms with van der Waals surface area (Å²) in [5, 5.41) is 3.18. The summed E-state index contributed by atoms with van der Waals surface area (Å²) in [5.41, 5.74) is 2.69. The minimum atomic E-state index is 0.132. The third-order valence-electron chi connectivity index (χ3n) is 4.65. The maximum Gasteiger partial charge on any atom is 0.223 e. The van der Waals surface area contributed by atoms with Gasteiger partial charge in [0.1, 0.15) is 0 Å². The number of carbonyl (C=O) groups is 1. The van der Waals surface area contributed by atoms with E-state index in [1.54, 1.807) is 0 Å². The quantitative estimate of drug-likeness (QED) is 0.874. The van der Waals surface area contributed by atoms with E-state index in [1.807, 2.05) is 0 Å². The third kappa shape index (κ3) is 3.41. The lowest BCUT2D eigenvalue weighted by Gasteiger charge is -2.25. The summed E-state index contributed by atoms with van der Waals surface area (Å²) in [5.74, 6) is 2.13. The Balaban J connectivity index is 1.88. The van der Waals surface area contributed by atoms with Gasteiger partial charge in [-0.15, -0.1) is 0 Å². The van der Waals surface area contributed by atoms with Crippen molar-refractivity contribution in [1.82, 2.24) is 5.32 Å². The standard InChI is InChI=1S/C18H27NO/c1-12(2)17(13(3)4)11-19-18(20)16-9-14-7-5-6-8-15(14)10-16/h5-8,12-13,16-17H,9-11H2,1-4H3,(H,19,20). The molecule has 0 spiro atoms. The highest BCUT2D eigenvalue weighted by molar-refractivity contribution is 5.80. The van der Waals surface area contributed by atoms with Gasteiger partial charge >= 0.3 is 0 Å². The molecule has 0 bridgehead atoms. The Morgan fingerprint density at radius 1 is 1.10 bits per heavy atom. The minimum absolute atomic E-state index is 0.132. The largest absolute Gasteiger partial charge is 0.356 e. The lowest BCUT2D eigenvalue weighted by Crippen LogP contribution is -2.37. The number of hydrogen-bond donors (Lipinski definition) is 1. The van der Waals surface area contributed by atoms with Crippen LogP contribution in [0, 0.1) is 23.7 Å². The van der Waals surface area contributed by atoms with Crippen LogP contribution < -0.4 is 5.32 Å². The van der Waals surface area contributed by atoms with Gasteiger partial charge < -0.3 is 5.32 Å². The molecule has 0 heterocycles. The lowest BCUT2D eigenvalue weighted by atomic mass is 9.85. The molecule has 1 N–H and O–H groups in total. The Labute approximate surface area is 123 Å². The summed E-state index contributed by atoms with van der Waals surface area (Å²) in [6.07, 6.45) is 1.80. The third-order valence-corrected chi connectivity index (χ3v) is 4.65. The van der Waals surface area contributed by atoms with Crippen LogP contribution in [-0.2, 0) is 17.6 Å². The molecule has 2 nitrogen and oxygen atoms in total. The predicted molar refractivity (Wildman–Crippen MR) is 83.5 cm³/mol. The van der Waals surface area contributed by atoms with Gasteiger partial charge in [0.25, 0.3) is 0 Å². The van der Waals surface area contributed by atoms with Crippen LogP contribution in [-0.4, -0.2) is 12.5 Å². The fraction of sp³-hybridized carbons (Fsp3) is 0.611. The number of rotatable bonds is 5. The Morgan fingerprint density at radius 2 is 1.60 bits per heavy atom. The van der Waals surface area contributed by atoms with Crippen LogP contribution in [0.2, 0.25) is 0 Å². The van der Waals surface area contributed by atoms with E-state index >= 15 is 0 Å². The van der Waals surface area contributed by atoms with Crippen LogP contribution in [0.3, 0.4) is 0 Å². The van der Waals surface area contributed by atoms with Crippen molar-refractivity contribution < 1.29 is 4.79 Å². The molecule has 110 valence electrons. The maximum absolute atomic E-state index is 12.4. The van der Waals surface area contributed by atoms with Gasteiger partial charge in [0, 0.05) is 12.5 Å². The monoisotopic (exact) mass is 273 g/mol. The number of fused-ring (bicyclic) bond motifs is 1. The Bertz CT molecular complexity index is 431. The van der Waals surface area contributed by atoms with Gasteiger partial charge in [0.05, 0.1) is 0 Å². The topological polar surface area (TPSA) is 29.1 Å². The first-order chi connectivity index (χ1) is 9.49. The Kier molecular flexibility index (Phi) is 4.85. The zero-order chi connectivity index (χ0) is 14.7. The second-order valence-electron chi connectivity index (χ2n) is 6.77. The lowest BCUT2D eigenvalue weighted by molar-refractivity contribution is -0.125. The van der Waals surface area contributed by atoms with Crippen molar-refractivity contribution in [2.75, 3.05) is 6.54 Å². The SMILES string of the molecule is CC(C)C(CNC(=O)C1Cc2ccccc2C1)C(C)C. The molecule has 0 unspecified atom stereocenters. The van der Waals surface area contributed by atoms with Gasteiger partial charge in [0.15, 0.2) is 0 Å². The molecule has 2 rings (SSSR count). The average molecular weight is 273 g/mol. The Hall–Kier alpha value is -1.31. The summed E-state index contributed by atoms with van der Waals surface area (Å²) >= 11 is 0. The van der Waals surface area contributed by atoms with Crippen LogP contribution >= 0.6 is 0 Å². The molecular formula is C18H27NO. The molecule has 0 aliphatic heterocycles. The highest BCUT2D eigenvalue weighted by Gasteiger charge is 2.27. The molecule has 20 heavy (non-hydrogen) atoms. The van der Waals surface area contributed by atoms with E-state index in [0.29, 0.717) is 17.8 Å². The van der Waals surface area contributed by atoms with Gasteiger partial charge in [-0.25, -0.2) is 0 Å². The van der Waals surface area contributed by atoms with Crippen molar-refractivity contribution in [3.63, 3.8) is 0 Å². The molecular weight excluding hydrogens is 246 g/mol. The van der Waals surface area contributed by atoms with E-state index in [9.17, 15) is 4.79 Å². The van der Waals surface area contributed by atoms with Gasteiger partial charge in [-0.2, -0.15) is 0 Å². The summed E-state index contributed by atoms with van der Waals surface area (Å²) in [6.45, 7) is 9.76. The van der Waals surface area contributed by atoms with E-state index in [0.717, 1.165) is 19.4 Å². The molecule has 1 aromatic carbocycles. The first kappa shape index (κ1) is 15.1. The second-order valence-corrected chi connectivity index (χ2v) is 6.77. The number of hydrogen-bond acceptors (Lipinski definition) is 1. The zero-order valence-electron chi connectivity index (χ0n) is 13.1. The molecule has 2 heteroatoms. The molecule has 0 radical (unpaired) electrons. The van der Waals surface area contributed by atoms with Crippen LogP contribution in [0.15, 0.2) is 24.3 Å². The molecule has 0 fully saturated rings. The van der Waals surface area contributed by atoms with Crippen LogP contribution in [0.5, 0.6) is 0 Å². The van der Waals surface area contributed by atoms with Crippen molar-refractivity contribution in [2.24, 2.45) is 23.7 Å². The fourth-order valence-corrected chi connectivity index (χ4v) is 3.35. The van der Waals surface area contributed by atoms with Crippen molar-refractivity contribution in [3.05, 3.63) is 35.4 Å².